The van der Waals surface area contributed by atoms with Crippen LogP contribution >= 0.6 is 16.3 Å². The number of ether oxygens (including phenoxy) is 1. The number of nitrogens with zero attached hydrogens (tertiary/aromatic N) is 3. The average Bonchev–Trinajstić information content (AvgIpc) is 3.03. The Morgan fingerprint density at radius 2 is 1.93 bits per heavy atom. The minimum absolute atomic E-state index is 0.183. The number of carbonyl (C=O) groups excluding carboxylic acids is 1. The van der Waals surface area contributed by atoms with E-state index in [4.69, 9.17) is 15.0 Å². The van der Waals surface area contributed by atoms with Crippen molar-refractivity contribution in [2.24, 2.45) is 10.7 Å². The molecule has 0 radical (unpaired) electrons. The summed E-state index contributed by atoms with van der Waals surface area (Å²) in [5, 5.41) is 0. The molecule has 13 nitrogen and oxygen atoms in total. The predicted molar refractivity (Wildman–Crippen MR) is 101 cm³/mol. The van der Waals surface area contributed by atoms with Crippen LogP contribution in [-0.2, 0) is 18.1 Å². The van der Waals surface area contributed by atoms with Gasteiger partial charge in [-0.05, 0) is 12.8 Å². The van der Waals surface area contributed by atoms with Crippen molar-refractivity contribution in [3.8, 4) is 0 Å². The highest BCUT2D eigenvalue weighted by Crippen LogP contribution is 2.65. The van der Waals surface area contributed by atoms with Crippen molar-refractivity contribution in [3.05, 3.63) is 0 Å². The summed E-state index contributed by atoms with van der Waals surface area (Å²) in [4.78, 5) is 59.4. The van der Waals surface area contributed by atoms with Crippen LogP contribution in [0.3, 0.4) is 0 Å². The molecular weight excluding hydrogens is 449 g/mol. The van der Waals surface area contributed by atoms with Crippen LogP contribution in [0.25, 0.3) is 0 Å². The summed E-state index contributed by atoms with van der Waals surface area (Å²) >= 11 is 0. The van der Waals surface area contributed by atoms with Gasteiger partial charge in [0.2, 0.25) is 0 Å². The highest BCUT2D eigenvalue weighted by Gasteiger charge is 2.47. The highest BCUT2D eigenvalue weighted by atomic mass is 31.3. The number of amides is 2. The smallest absolute Gasteiger partial charge is 0.434 e. The lowest BCUT2D eigenvalue weighted by Gasteiger charge is -2.31. The monoisotopic (exact) mass is 477 g/mol. The van der Waals surface area contributed by atoms with Gasteiger partial charge in [-0.3, -0.25) is 4.90 Å². The van der Waals surface area contributed by atoms with Crippen LogP contribution in [0.5, 0.6) is 0 Å². The van der Waals surface area contributed by atoms with Gasteiger partial charge in [0, 0.05) is 4.31 Å². The van der Waals surface area contributed by atoms with Crippen LogP contribution in [0.15, 0.2) is 4.99 Å². The summed E-state index contributed by atoms with van der Waals surface area (Å²) < 4.78 is 33.3. The second-order valence-corrected chi connectivity index (χ2v) is 10.9. The molecule has 4 N–H and O–H groups in total. The van der Waals surface area contributed by atoms with Crippen LogP contribution in [0.2, 0.25) is 0 Å². The molecule has 0 bridgehead atoms. The molecule has 2 aliphatic rings. The van der Waals surface area contributed by atoms with Crippen LogP contribution in [0.4, 0.5) is 9.18 Å². The van der Waals surface area contributed by atoms with E-state index in [1.54, 1.807) is 0 Å². The Bertz CT molecular complexity index is 649. The summed E-state index contributed by atoms with van der Waals surface area (Å²) in [5.41, 5.74) is 5.29. The van der Waals surface area contributed by atoms with Gasteiger partial charge in [0.25, 0.3) is 0 Å². The maximum Gasteiger partial charge on any atom is 0.434 e. The van der Waals surface area contributed by atoms with Crippen molar-refractivity contribution < 1.29 is 51.3 Å². The lowest BCUT2D eigenvalue weighted by molar-refractivity contribution is -0.870. The fourth-order valence-corrected chi connectivity index (χ4v) is 4.74. The van der Waals surface area contributed by atoms with Gasteiger partial charge in [0.05, 0.1) is 33.8 Å². The number of carbonyl (C=O) groups is 1. The summed E-state index contributed by atoms with van der Waals surface area (Å²) in [7, 11) is -4.28. The lowest BCUT2D eigenvalue weighted by Crippen LogP contribution is -2.50. The number of urea groups is 1. The Kier molecular flexibility index (Phi) is 8.44. The first-order valence-electron chi connectivity index (χ1n) is 9.08. The molecule has 5 atom stereocenters. The van der Waals surface area contributed by atoms with E-state index in [1.165, 1.54) is 0 Å². The predicted octanol–water partition coefficient (Wildman–Crippen LogP) is -1.56. The van der Waals surface area contributed by atoms with Gasteiger partial charge >= 0.3 is 22.4 Å². The molecule has 16 heteroatoms. The van der Waals surface area contributed by atoms with E-state index in [0.29, 0.717) is 23.9 Å². The van der Waals surface area contributed by atoms with Gasteiger partial charge in [-0.25, -0.2) is 9.18 Å². The molecule has 30 heavy (non-hydrogen) atoms. The zero-order valence-electron chi connectivity index (χ0n) is 16.9. The Morgan fingerprint density at radius 3 is 2.57 bits per heavy atom. The molecule has 174 valence electrons. The van der Waals surface area contributed by atoms with E-state index in [2.05, 4.69) is 13.8 Å². The number of nitrogens with two attached hydrogens (primary N) is 1. The maximum absolute atomic E-state index is 13.7. The highest BCUT2D eigenvalue weighted by molar-refractivity contribution is 7.66. The molecule has 0 spiro atoms. The van der Waals surface area contributed by atoms with Crippen molar-refractivity contribution in [2.75, 3.05) is 47.4 Å². The van der Waals surface area contributed by atoms with Crippen LogP contribution in [0.1, 0.15) is 12.8 Å². The first-order valence-corrected chi connectivity index (χ1v) is 12.1. The third-order valence-electron chi connectivity index (χ3n) is 4.23. The van der Waals surface area contributed by atoms with Gasteiger partial charge in [0.1, 0.15) is 31.8 Å². The normalized spacial score (nSPS) is 29.5. The summed E-state index contributed by atoms with van der Waals surface area (Å²) in [6, 6.07) is -0.739. The molecule has 0 saturated carbocycles. The molecule has 0 aromatic carbocycles. The lowest BCUT2D eigenvalue weighted by atomic mass is 10.2. The topological polar surface area (TPSA) is 182 Å². The SMILES string of the molecule is C[N+](C)(C)CCO[P+]([O-])(O)O[P+]([O-])(O)OC[C@H]1CC[C@@H](N2CC(F)C(N)=NC2=O)O1. The number of quaternary nitrogens is 1. The Balaban J connectivity index is 1.79. The number of alkyl halides is 1. The maximum atomic E-state index is 13.7. The second-order valence-electron chi connectivity index (χ2n) is 7.89. The quantitative estimate of drug-likeness (QED) is 0.246. The number of rotatable bonds is 10. The molecule has 2 heterocycles. The number of likely N-dealkylation sites (N-methyl/N-ethyl adjacent to an activating group) is 1. The van der Waals surface area contributed by atoms with Gasteiger partial charge in [0.15, 0.2) is 6.17 Å². The third-order valence-corrected chi connectivity index (χ3v) is 6.86. The minimum atomic E-state index is -4.93. The largest absolute Gasteiger partial charge is 0.603 e. The fraction of sp³-hybridized carbons (Fsp3) is 0.857. The Labute approximate surface area is 174 Å². The van der Waals surface area contributed by atoms with Gasteiger partial charge in [-0.15, -0.1) is 0 Å². The van der Waals surface area contributed by atoms with Crippen molar-refractivity contribution in [2.45, 2.75) is 31.3 Å². The summed E-state index contributed by atoms with van der Waals surface area (Å²) in [6.07, 6.45) is -2.51. The first kappa shape index (κ1) is 25.6. The van der Waals surface area contributed by atoms with Gasteiger partial charge < -0.3 is 24.7 Å². The van der Waals surface area contributed by atoms with Crippen LogP contribution in [-0.4, -0.2) is 97.0 Å². The molecule has 0 aliphatic carbocycles. The second kappa shape index (κ2) is 9.88. The van der Waals surface area contributed by atoms with E-state index in [1.807, 2.05) is 21.1 Å². The van der Waals surface area contributed by atoms with Crippen molar-refractivity contribution in [3.63, 3.8) is 0 Å². The van der Waals surface area contributed by atoms with E-state index in [9.17, 15) is 28.8 Å². The molecule has 2 aliphatic heterocycles. The number of phosphoric acid groups is 2. The molecule has 2 rings (SSSR count). The van der Waals surface area contributed by atoms with E-state index in [-0.39, 0.29) is 13.2 Å². The number of amidine groups is 1. The number of halogens is 1. The van der Waals surface area contributed by atoms with Gasteiger partial charge in [-0.1, -0.05) is 0 Å². The van der Waals surface area contributed by atoms with E-state index < -0.39 is 53.3 Å². The number of hydrogen-bond acceptors (Lipinski definition) is 10. The summed E-state index contributed by atoms with van der Waals surface area (Å²) in [6.45, 7) is -0.606. The van der Waals surface area contributed by atoms with E-state index in [0.717, 1.165) is 4.90 Å². The zero-order valence-corrected chi connectivity index (χ0v) is 18.7. The fourth-order valence-electron chi connectivity index (χ4n) is 2.65. The first-order chi connectivity index (χ1) is 13.7. The van der Waals surface area contributed by atoms with Gasteiger partial charge in [-0.2, -0.15) is 23.8 Å². The van der Waals surface area contributed by atoms with Crippen molar-refractivity contribution >= 4 is 28.2 Å². The third kappa shape index (κ3) is 8.13. The number of phosphoric ester groups is 2. The standard InChI is InChI=1S/C14H27FN4O9P2/c1-19(2,3)6-7-25-29(21,22)28-30(23,24)26-9-10-4-5-12(27-10)18-8-11(15)13(16)17-14(18)20/h10-12H,4-9H2,1-3H3,(H3-,16,17,20,21,22,23,24)/p+1/t10-,11?,12+/m1/s1. The average molecular weight is 477 g/mol. The van der Waals surface area contributed by atoms with Crippen molar-refractivity contribution in [1.29, 1.82) is 0 Å². The van der Waals surface area contributed by atoms with Crippen LogP contribution in [0, 0.1) is 0 Å². The van der Waals surface area contributed by atoms with Crippen LogP contribution < -0.4 is 15.5 Å². The molecule has 0 aromatic rings. The molecule has 1 saturated heterocycles. The van der Waals surface area contributed by atoms with Crippen molar-refractivity contribution in [1.82, 2.24) is 4.90 Å². The molecule has 2 amide bonds. The molecule has 3 unspecified atom stereocenters. The number of hydrogen-bond donors (Lipinski definition) is 3. The number of aliphatic imine (C=N–C) groups is 1. The zero-order chi connectivity index (χ0) is 22.7. The Hall–Kier alpha value is -0.630. The minimum Gasteiger partial charge on any atom is -0.603 e. The molecular formula is C14H28FN4O9P2+. The molecule has 1 fully saturated rings. The Morgan fingerprint density at radius 1 is 1.30 bits per heavy atom. The molecule has 0 aromatic heterocycles. The summed E-state index contributed by atoms with van der Waals surface area (Å²) in [5.74, 6) is -0.399. The van der Waals surface area contributed by atoms with E-state index >= 15 is 0 Å².